The predicted molar refractivity (Wildman–Crippen MR) is 74.6 cm³/mol. The van der Waals surface area contributed by atoms with Gasteiger partial charge in [-0.05, 0) is 32.9 Å². The maximum absolute atomic E-state index is 11.3. The van der Waals surface area contributed by atoms with Gasteiger partial charge in [0.05, 0.1) is 5.54 Å². The first-order valence-electron chi connectivity index (χ1n) is 5.88. The van der Waals surface area contributed by atoms with E-state index in [2.05, 4.69) is 5.10 Å². The summed E-state index contributed by atoms with van der Waals surface area (Å²) in [4.78, 5) is 11.3. The first-order valence-corrected chi connectivity index (χ1v) is 6.26. The fourth-order valence-corrected chi connectivity index (χ4v) is 1.91. The zero-order chi connectivity index (χ0) is 14.2. The lowest BCUT2D eigenvalue weighted by Gasteiger charge is -2.18. The van der Waals surface area contributed by atoms with Crippen LogP contribution in [0, 0.1) is 0 Å². The third kappa shape index (κ3) is 2.79. The second-order valence-corrected chi connectivity index (χ2v) is 5.76. The molecule has 100 valence electrons. The van der Waals surface area contributed by atoms with Crippen molar-refractivity contribution < 1.29 is 9.90 Å². The van der Waals surface area contributed by atoms with E-state index in [-0.39, 0.29) is 11.1 Å². The van der Waals surface area contributed by atoms with Crippen LogP contribution in [-0.2, 0) is 5.54 Å². The molecule has 0 radical (unpaired) electrons. The summed E-state index contributed by atoms with van der Waals surface area (Å²) in [7, 11) is 0. The molecule has 1 N–H and O–H groups in total. The van der Waals surface area contributed by atoms with Gasteiger partial charge in [0.15, 0.2) is 0 Å². The monoisotopic (exact) mass is 278 g/mol. The van der Waals surface area contributed by atoms with Crippen molar-refractivity contribution in [3.05, 3.63) is 41.0 Å². The van der Waals surface area contributed by atoms with E-state index in [0.29, 0.717) is 16.3 Å². The lowest BCUT2D eigenvalue weighted by atomic mass is 10.1. The molecule has 0 aliphatic carbocycles. The smallest absolute Gasteiger partial charge is 0.339 e. The van der Waals surface area contributed by atoms with E-state index in [4.69, 9.17) is 11.6 Å². The number of aromatic carboxylic acids is 1. The number of carboxylic acids is 1. The first-order chi connectivity index (χ1) is 8.79. The van der Waals surface area contributed by atoms with Crippen LogP contribution in [0.4, 0.5) is 0 Å². The Bertz CT molecular complexity index is 627. The van der Waals surface area contributed by atoms with E-state index in [9.17, 15) is 9.90 Å². The van der Waals surface area contributed by atoms with E-state index >= 15 is 0 Å². The standard InChI is InChI=1S/C14H15ClN2O2/c1-14(2,3)17-8-11(13(18)19)12(16-17)9-5-4-6-10(15)7-9/h4-8H,1-3H3,(H,18,19). The number of rotatable bonds is 2. The number of benzene rings is 1. The molecule has 0 amide bonds. The van der Waals surface area contributed by atoms with Crippen LogP contribution in [-0.4, -0.2) is 20.9 Å². The third-order valence-corrected chi connectivity index (χ3v) is 2.97. The second kappa shape index (κ2) is 4.70. The van der Waals surface area contributed by atoms with Crippen molar-refractivity contribution in [3.8, 4) is 11.3 Å². The quantitative estimate of drug-likeness (QED) is 0.912. The Morgan fingerprint density at radius 3 is 2.58 bits per heavy atom. The van der Waals surface area contributed by atoms with Crippen LogP contribution in [0.1, 0.15) is 31.1 Å². The predicted octanol–water partition coefficient (Wildman–Crippen LogP) is 3.66. The number of hydrogen-bond acceptors (Lipinski definition) is 2. The molecule has 19 heavy (non-hydrogen) atoms. The summed E-state index contributed by atoms with van der Waals surface area (Å²) >= 11 is 5.94. The molecule has 2 aromatic rings. The van der Waals surface area contributed by atoms with Gasteiger partial charge in [-0.25, -0.2) is 4.79 Å². The Morgan fingerprint density at radius 2 is 2.05 bits per heavy atom. The van der Waals surface area contributed by atoms with Gasteiger partial charge in [-0.3, -0.25) is 4.68 Å². The summed E-state index contributed by atoms with van der Waals surface area (Å²) in [6.45, 7) is 5.90. The van der Waals surface area contributed by atoms with Gasteiger partial charge in [0.25, 0.3) is 0 Å². The number of nitrogens with zero attached hydrogens (tertiary/aromatic N) is 2. The zero-order valence-electron chi connectivity index (χ0n) is 11.0. The summed E-state index contributed by atoms with van der Waals surface area (Å²) in [5.41, 5.74) is 1.04. The SMILES string of the molecule is CC(C)(C)n1cc(C(=O)O)c(-c2cccc(Cl)c2)n1. The van der Waals surface area contributed by atoms with E-state index in [1.807, 2.05) is 20.8 Å². The average molecular weight is 279 g/mol. The van der Waals surface area contributed by atoms with Gasteiger partial charge in [0, 0.05) is 16.8 Å². The van der Waals surface area contributed by atoms with Crippen molar-refractivity contribution in [3.63, 3.8) is 0 Å². The number of carbonyl (C=O) groups is 1. The Labute approximate surface area is 116 Å². The molecule has 0 unspecified atom stereocenters. The van der Waals surface area contributed by atoms with E-state index in [0.717, 1.165) is 0 Å². The summed E-state index contributed by atoms with van der Waals surface area (Å²) in [5.74, 6) is -0.995. The Kier molecular flexibility index (Phi) is 3.37. The fourth-order valence-electron chi connectivity index (χ4n) is 1.72. The molecule has 0 spiro atoms. The lowest BCUT2D eigenvalue weighted by molar-refractivity contribution is 0.0697. The minimum absolute atomic E-state index is 0.178. The van der Waals surface area contributed by atoms with E-state index < -0.39 is 5.97 Å². The molecule has 1 aromatic heterocycles. The molecule has 0 atom stereocenters. The van der Waals surface area contributed by atoms with Gasteiger partial charge in [0.2, 0.25) is 0 Å². The number of halogens is 1. The van der Waals surface area contributed by atoms with Crippen molar-refractivity contribution in [2.45, 2.75) is 26.3 Å². The van der Waals surface area contributed by atoms with Crippen LogP contribution in [0.3, 0.4) is 0 Å². The topological polar surface area (TPSA) is 55.1 Å². The molecule has 0 aliphatic heterocycles. The Morgan fingerprint density at radius 1 is 1.37 bits per heavy atom. The summed E-state index contributed by atoms with van der Waals surface area (Å²) in [5, 5.41) is 14.2. The largest absolute Gasteiger partial charge is 0.478 e. The molecular formula is C14H15ClN2O2. The normalized spacial score (nSPS) is 11.6. The molecule has 0 bridgehead atoms. The highest BCUT2D eigenvalue weighted by molar-refractivity contribution is 6.30. The maximum Gasteiger partial charge on any atom is 0.339 e. The minimum Gasteiger partial charge on any atom is -0.478 e. The van der Waals surface area contributed by atoms with Crippen molar-refractivity contribution >= 4 is 17.6 Å². The third-order valence-electron chi connectivity index (χ3n) is 2.73. The average Bonchev–Trinajstić information content (AvgIpc) is 2.73. The minimum atomic E-state index is -0.995. The van der Waals surface area contributed by atoms with Crippen molar-refractivity contribution in [2.75, 3.05) is 0 Å². The van der Waals surface area contributed by atoms with Gasteiger partial charge in [-0.15, -0.1) is 0 Å². The Balaban J connectivity index is 2.62. The molecule has 5 heteroatoms. The van der Waals surface area contributed by atoms with E-state index in [1.165, 1.54) is 0 Å². The van der Waals surface area contributed by atoms with Crippen LogP contribution < -0.4 is 0 Å². The lowest BCUT2D eigenvalue weighted by Crippen LogP contribution is -2.22. The number of hydrogen-bond donors (Lipinski definition) is 1. The molecule has 4 nitrogen and oxygen atoms in total. The van der Waals surface area contributed by atoms with Crippen LogP contribution in [0.2, 0.25) is 5.02 Å². The van der Waals surface area contributed by atoms with Crippen molar-refractivity contribution in [1.82, 2.24) is 9.78 Å². The van der Waals surface area contributed by atoms with Crippen LogP contribution in [0.25, 0.3) is 11.3 Å². The highest BCUT2D eigenvalue weighted by atomic mass is 35.5. The summed E-state index contributed by atoms with van der Waals surface area (Å²) in [6, 6.07) is 7.03. The van der Waals surface area contributed by atoms with Gasteiger partial charge in [-0.1, -0.05) is 23.7 Å². The summed E-state index contributed by atoms with van der Waals surface area (Å²) < 4.78 is 1.66. The summed E-state index contributed by atoms with van der Waals surface area (Å²) in [6.07, 6.45) is 1.55. The van der Waals surface area contributed by atoms with Crippen molar-refractivity contribution in [1.29, 1.82) is 0 Å². The zero-order valence-corrected chi connectivity index (χ0v) is 11.8. The second-order valence-electron chi connectivity index (χ2n) is 5.32. The number of carboxylic acid groups (broad SMARTS) is 1. The molecule has 2 rings (SSSR count). The first kappa shape index (κ1) is 13.6. The molecule has 0 aliphatic rings. The number of aromatic nitrogens is 2. The molecule has 0 saturated carbocycles. The Hall–Kier alpha value is -1.81. The van der Waals surface area contributed by atoms with Crippen LogP contribution in [0.5, 0.6) is 0 Å². The van der Waals surface area contributed by atoms with E-state index in [1.54, 1.807) is 35.1 Å². The molecule has 0 saturated heterocycles. The molecule has 0 fully saturated rings. The van der Waals surface area contributed by atoms with Crippen molar-refractivity contribution in [2.24, 2.45) is 0 Å². The highest BCUT2D eigenvalue weighted by Crippen LogP contribution is 2.27. The highest BCUT2D eigenvalue weighted by Gasteiger charge is 2.22. The molecule has 1 heterocycles. The van der Waals surface area contributed by atoms with Gasteiger partial charge >= 0.3 is 5.97 Å². The molecule has 1 aromatic carbocycles. The van der Waals surface area contributed by atoms with Crippen LogP contribution >= 0.6 is 11.6 Å². The van der Waals surface area contributed by atoms with Gasteiger partial charge in [-0.2, -0.15) is 5.10 Å². The molecular weight excluding hydrogens is 264 g/mol. The van der Waals surface area contributed by atoms with Gasteiger partial charge < -0.3 is 5.11 Å². The fraction of sp³-hybridized carbons (Fsp3) is 0.286. The van der Waals surface area contributed by atoms with Gasteiger partial charge in [0.1, 0.15) is 11.3 Å². The van der Waals surface area contributed by atoms with Crippen LogP contribution in [0.15, 0.2) is 30.5 Å². The maximum atomic E-state index is 11.3.